The molecular formula is C16H11BO3. The fourth-order valence-electron chi connectivity index (χ4n) is 2.68. The predicted octanol–water partition coefficient (Wildman–Crippen LogP) is 3.38. The quantitative estimate of drug-likeness (QED) is 0.563. The van der Waals surface area contributed by atoms with Crippen LogP contribution in [0.15, 0.2) is 59.0 Å². The average Bonchev–Trinajstić information content (AvgIpc) is 2.88. The summed E-state index contributed by atoms with van der Waals surface area (Å²) in [6, 6.07) is 18.0. The Bertz CT molecular complexity index is 927. The highest BCUT2D eigenvalue weighted by molar-refractivity contribution is 6.19. The normalized spacial score (nSPS) is 11.2. The molecule has 3 nitrogen and oxygen atoms in total. The first-order chi connectivity index (χ1) is 9.88. The Balaban J connectivity index is 2.18. The standard InChI is InChI=1S/C16H11BO3/c18-17-20-14-7-3-6-12-13-9-8-10-4-1-2-5-11(10)15(13)19-16(12)14/h1-9,17-18H. The van der Waals surface area contributed by atoms with Gasteiger partial charge in [0.1, 0.15) is 11.3 Å². The van der Waals surface area contributed by atoms with Crippen LogP contribution in [0, 0.1) is 0 Å². The molecule has 0 amide bonds. The zero-order valence-electron chi connectivity index (χ0n) is 10.7. The molecule has 4 heteroatoms. The van der Waals surface area contributed by atoms with Gasteiger partial charge < -0.3 is 14.1 Å². The van der Waals surface area contributed by atoms with Gasteiger partial charge >= 0.3 is 7.69 Å². The number of para-hydroxylation sites is 1. The molecule has 0 fully saturated rings. The van der Waals surface area contributed by atoms with Crippen LogP contribution in [-0.2, 0) is 0 Å². The van der Waals surface area contributed by atoms with Crippen molar-refractivity contribution in [2.24, 2.45) is 0 Å². The number of fused-ring (bicyclic) bond motifs is 5. The van der Waals surface area contributed by atoms with Gasteiger partial charge in [-0.2, -0.15) is 0 Å². The number of hydrogen-bond donors (Lipinski definition) is 1. The lowest BCUT2D eigenvalue weighted by Crippen LogP contribution is -1.99. The van der Waals surface area contributed by atoms with Crippen molar-refractivity contribution < 1.29 is 14.1 Å². The second-order valence-electron chi connectivity index (χ2n) is 4.67. The summed E-state index contributed by atoms with van der Waals surface area (Å²) >= 11 is 0. The zero-order chi connectivity index (χ0) is 13.5. The molecular weight excluding hydrogens is 251 g/mol. The van der Waals surface area contributed by atoms with Crippen LogP contribution in [0.2, 0.25) is 0 Å². The monoisotopic (exact) mass is 262 g/mol. The van der Waals surface area contributed by atoms with E-state index in [1.807, 2.05) is 30.3 Å². The smallest absolute Gasteiger partial charge is 0.504 e. The van der Waals surface area contributed by atoms with Crippen molar-refractivity contribution in [3.05, 3.63) is 54.6 Å². The Labute approximate surface area is 115 Å². The molecule has 3 aromatic carbocycles. The van der Waals surface area contributed by atoms with Gasteiger partial charge in [-0.1, -0.05) is 42.5 Å². The van der Waals surface area contributed by atoms with Gasteiger partial charge in [-0.15, -0.1) is 0 Å². The number of furan rings is 1. The van der Waals surface area contributed by atoms with E-state index < -0.39 is 0 Å². The highest BCUT2D eigenvalue weighted by Crippen LogP contribution is 2.37. The highest BCUT2D eigenvalue weighted by Gasteiger charge is 2.13. The summed E-state index contributed by atoms with van der Waals surface area (Å²) in [7, 11) is -0.364. The number of benzene rings is 3. The molecule has 4 rings (SSSR count). The van der Waals surface area contributed by atoms with Crippen molar-refractivity contribution in [2.75, 3.05) is 0 Å². The van der Waals surface area contributed by atoms with E-state index in [0.717, 1.165) is 27.1 Å². The molecule has 0 aliphatic carbocycles. The summed E-state index contributed by atoms with van der Waals surface area (Å²) in [5.74, 6) is 0.560. The Hall–Kier alpha value is -2.46. The minimum Gasteiger partial charge on any atom is -0.536 e. The van der Waals surface area contributed by atoms with Crippen molar-refractivity contribution in [2.45, 2.75) is 0 Å². The van der Waals surface area contributed by atoms with Gasteiger partial charge in [0, 0.05) is 16.2 Å². The maximum atomic E-state index is 8.96. The van der Waals surface area contributed by atoms with E-state index in [4.69, 9.17) is 14.1 Å². The van der Waals surface area contributed by atoms with E-state index in [1.165, 1.54) is 0 Å². The Morgan fingerprint density at radius 1 is 0.800 bits per heavy atom. The molecule has 0 bridgehead atoms. The predicted molar refractivity (Wildman–Crippen MR) is 81.2 cm³/mol. The molecule has 96 valence electrons. The molecule has 0 saturated heterocycles. The van der Waals surface area contributed by atoms with Crippen molar-refractivity contribution >= 4 is 40.4 Å². The van der Waals surface area contributed by atoms with Crippen LogP contribution >= 0.6 is 0 Å². The average molecular weight is 262 g/mol. The molecule has 0 spiro atoms. The van der Waals surface area contributed by atoms with Crippen LogP contribution < -0.4 is 4.65 Å². The minimum atomic E-state index is -0.364. The molecule has 1 aromatic heterocycles. The lowest BCUT2D eigenvalue weighted by molar-refractivity contribution is 0.451. The van der Waals surface area contributed by atoms with Crippen LogP contribution in [-0.4, -0.2) is 12.7 Å². The van der Waals surface area contributed by atoms with E-state index in [1.54, 1.807) is 6.07 Å². The molecule has 0 unspecified atom stereocenters. The van der Waals surface area contributed by atoms with E-state index in [9.17, 15) is 0 Å². The van der Waals surface area contributed by atoms with Gasteiger partial charge in [-0.05, 0) is 17.5 Å². The first-order valence-electron chi connectivity index (χ1n) is 6.45. The molecule has 0 aliphatic rings. The third kappa shape index (κ3) is 1.52. The van der Waals surface area contributed by atoms with Crippen molar-refractivity contribution in [1.29, 1.82) is 0 Å². The van der Waals surface area contributed by atoms with E-state index in [2.05, 4.69) is 18.2 Å². The maximum Gasteiger partial charge on any atom is 0.504 e. The highest BCUT2D eigenvalue weighted by atomic mass is 16.5. The fraction of sp³-hybridized carbons (Fsp3) is 0. The maximum absolute atomic E-state index is 8.96. The molecule has 0 radical (unpaired) electrons. The van der Waals surface area contributed by atoms with Gasteiger partial charge in [0.05, 0.1) is 0 Å². The molecule has 4 aromatic rings. The molecule has 0 atom stereocenters. The summed E-state index contributed by atoms with van der Waals surface area (Å²) in [6.07, 6.45) is 0. The molecule has 0 aliphatic heterocycles. The minimum absolute atomic E-state index is 0.364. The van der Waals surface area contributed by atoms with Gasteiger partial charge in [-0.3, -0.25) is 0 Å². The summed E-state index contributed by atoms with van der Waals surface area (Å²) < 4.78 is 11.2. The fourth-order valence-corrected chi connectivity index (χ4v) is 2.68. The van der Waals surface area contributed by atoms with Crippen molar-refractivity contribution in [3.63, 3.8) is 0 Å². The first-order valence-corrected chi connectivity index (χ1v) is 6.45. The molecule has 20 heavy (non-hydrogen) atoms. The summed E-state index contributed by atoms with van der Waals surface area (Å²) in [5.41, 5.74) is 1.53. The SMILES string of the molecule is OBOc1cccc2c1oc1c3ccccc3ccc21. The third-order valence-electron chi connectivity index (χ3n) is 3.57. The lowest BCUT2D eigenvalue weighted by atomic mass is 10.1. The lowest BCUT2D eigenvalue weighted by Gasteiger charge is -2.00. The summed E-state index contributed by atoms with van der Waals surface area (Å²) in [4.78, 5) is 0. The van der Waals surface area contributed by atoms with Gasteiger partial charge in [0.15, 0.2) is 5.58 Å². The second kappa shape index (κ2) is 4.29. The van der Waals surface area contributed by atoms with E-state index in [-0.39, 0.29) is 7.69 Å². The molecule has 1 heterocycles. The molecule has 0 saturated carbocycles. The number of rotatable bonds is 2. The van der Waals surface area contributed by atoms with Crippen LogP contribution in [0.3, 0.4) is 0 Å². The first kappa shape index (κ1) is 11.4. The van der Waals surface area contributed by atoms with Crippen LogP contribution in [0.5, 0.6) is 5.75 Å². The van der Waals surface area contributed by atoms with E-state index in [0.29, 0.717) is 11.3 Å². The van der Waals surface area contributed by atoms with Gasteiger partial charge in [-0.25, -0.2) is 0 Å². The van der Waals surface area contributed by atoms with Crippen LogP contribution in [0.25, 0.3) is 32.7 Å². The van der Waals surface area contributed by atoms with Gasteiger partial charge in [0.2, 0.25) is 0 Å². The number of hydrogen-bond acceptors (Lipinski definition) is 3. The van der Waals surface area contributed by atoms with Crippen LogP contribution in [0.4, 0.5) is 0 Å². The van der Waals surface area contributed by atoms with Gasteiger partial charge in [0.25, 0.3) is 0 Å². The molecule has 1 N–H and O–H groups in total. The summed E-state index contributed by atoms with van der Waals surface area (Å²) in [6.45, 7) is 0. The van der Waals surface area contributed by atoms with Crippen LogP contribution in [0.1, 0.15) is 0 Å². The third-order valence-corrected chi connectivity index (χ3v) is 3.57. The van der Waals surface area contributed by atoms with Crippen molar-refractivity contribution in [3.8, 4) is 5.75 Å². The topological polar surface area (TPSA) is 42.6 Å². The van der Waals surface area contributed by atoms with E-state index >= 15 is 0 Å². The Morgan fingerprint density at radius 3 is 2.50 bits per heavy atom. The Kier molecular flexibility index (Phi) is 2.44. The Morgan fingerprint density at radius 2 is 1.60 bits per heavy atom. The largest absolute Gasteiger partial charge is 0.536 e. The second-order valence-corrected chi connectivity index (χ2v) is 4.67. The zero-order valence-corrected chi connectivity index (χ0v) is 10.7. The van der Waals surface area contributed by atoms with Crippen molar-refractivity contribution in [1.82, 2.24) is 0 Å². The summed E-state index contributed by atoms with van der Waals surface area (Å²) in [5, 5.41) is 13.2.